The van der Waals surface area contributed by atoms with E-state index in [-0.39, 0.29) is 68.7 Å². The highest BCUT2D eigenvalue weighted by Gasteiger charge is 2.33. The molecule has 17 N–H and O–H groups in total. The molecule has 5 aliphatic carbocycles. The summed E-state index contributed by atoms with van der Waals surface area (Å²) in [7, 11) is 0. The van der Waals surface area contributed by atoms with Gasteiger partial charge in [-0.1, -0.05) is 41.5 Å². The van der Waals surface area contributed by atoms with E-state index in [9.17, 15) is 5.11 Å². The second kappa shape index (κ2) is 42.8. The van der Waals surface area contributed by atoms with Crippen LogP contribution in [-0.2, 0) is 23.7 Å². The van der Waals surface area contributed by atoms with Crippen molar-refractivity contribution >= 4 is 0 Å². The molecule has 0 spiro atoms. The summed E-state index contributed by atoms with van der Waals surface area (Å²) in [6, 6.07) is 0. The summed E-state index contributed by atoms with van der Waals surface area (Å²) >= 11 is 0. The average Bonchev–Trinajstić information content (AvgIpc) is 4.24. The lowest BCUT2D eigenvalue weighted by molar-refractivity contribution is -0.155. The number of ether oxygens (including phenoxy) is 5. The zero-order valence-corrected chi connectivity index (χ0v) is 48.8. The molecule has 79 heavy (non-hydrogen) atoms. The molecule has 0 radical (unpaired) electrons. The Morgan fingerprint density at radius 1 is 0.291 bits per heavy atom. The Labute approximate surface area is 471 Å². The maximum Gasteiger partial charge on any atom is 0.183 e. The van der Waals surface area contributed by atoms with Gasteiger partial charge < -0.3 is 110 Å². The molecule has 0 aromatic heterocycles. The van der Waals surface area contributed by atoms with Crippen molar-refractivity contribution in [2.45, 2.75) is 300 Å². The van der Waals surface area contributed by atoms with Crippen LogP contribution in [0.1, 0.15) is 196 Å². The minimum Gasteiger partial charge on any atom is -0.393 e. The van der Waals surface area contributed by atoms with Gasteiger partial charge in [-0.3, -0.25) is 0 Å². The molecular formula is C57H114O22. The van der Waals surface area contributed by atoms with Gasteiger partial charge in [-0.25, -0.2) is 0 Å². The molecule has 5 saturated heterocycles. The molecule has 5 heterocycles. The van der Waals surface area contributed by atoms with Crippen molar-refractivity contribution in [3.05, 3.63) is 0 Å². The summed E-state index contributed by atoms with van der Waals surface area (Å²) < 4.78 is 23.2. The number of hydrogen-bond donors (Lipinski definition) is 17. The summed E-state index contributed by atoms with van der Waals surface area (Å²) in [6.45, 7) is 15.2. The number of hydrogen-bond acceptors (Lipinski definition) is 22. The summed E-state index contributed by atoms with van der Waals surface area (Å²) in [4.78, 5) is 0. The monoisotopic (exact) mass is 1150 g/mol. The molecule has 22 heteroatoms. The van der Waals surface area contributed by atoms with Gasteiger partial charge in [-0.2, -0.15) is 0 Å². The fourth-order valence-electron chi connectivity index (χ4n) is 9.82. The fourth-order valence-corrected chi connectivity index (χ4v) is 9.82. The van der Waals surface area contributed by atoms with Crippen molar-refractivity contribution in [1.29, 1.82) is 0 Å². The van der Waals surface area contributed by atoms with Crippen LogP contribution in [0, 0.1) is 29.1 Å². The summed E-state index contributed by atoms with van der Waals surface area (Å²) in [6.07, 6.45) is 13.3. The maximum absolute atomic E-state index is 9.29. The molecule has 474 valence electrons. The first-order valence-corrected chi connectivity index (χ1v) is 29.7. The van der Waals surface area contributed by atoms with Crippen LogP contribution in [0.5, 0.6) is 0 Å². The van der Waals surface area contributed by atoms with Crippen LogP contribution >= 0.6 is 0 Å². The zero-order valence-electron chi connectivity index (χ0n) is 48.8. The predicted octanol–water partition coefficient (Wildman–Crippen LogP) is 1.94. The van der Waals surface area contributed by atoms with Crippen molar-refractivity contribution in [3.8, 4) is 0 Å². The van der Waals surface area contributed by atoms with Crippen molar-refractivity contribution in [1.82, 2.24) is 0 Å². The number of aliphatic hydroxyl groups excluding tert-OH is 17. The Morgan fingerprint density at radius 2 is 0.696 bits per heavy atom. The minimum absolute atomic E-state index is 0.00593. The molecular weight excluding hydrogens is 1040 g/mol. The molecule has 0 aromatic rings. The van der Waals surface area contributed by atoms with Crippen LogP contribution in [0.2, 0.25) is 0 Å². The van der Waals surface area contributed by atoms with Crippen LogP contribution in [0.4, 0.5) is 0 Å². The fraction of sp³-hybridized carbons (Fsp3) is 1.00. The molecule has 10 rings (SSSR count). The predicted molar refractivity (Wildman–Crippen MR) is 293 cm³/mol. The number of rotatable bonds is 0. The van der Waals surface area contributed by atoms with Crippen LogP contribution in [0.25, 0.3) is 0 Å². The van der Waals surface area contributed by atoms with Crippen molar-refractivity contribution < 1.29 is 110 Å². The second-order valence-corrected chi connectivity index (χ2v) is 24.5. The molecule has 10 fully saturated rings. The van der Waals surface area contributed by atoms with Crippen LogP contribution in [0.15, 0.2) is 0 Å². The van der Waals surface area contributed by atoms with Crippen LogP contribution < -0.4 is 0 Å². The van der Waals surface area contributed by atoms with E-state index in [0.29, 0.717) is 50.0 Å². The van der Waals surface area contributed by atoms with E-state index in [1.807, 2.05) is 0 Å². The maximum atomic E-state index is 9.29. The highest BCUT2D eigenvalue weighted by Crippen LogP contribution is 2.37. The van der Waals surface area contributed by atoms with Crippen molar-refractivity contribution in [2.75, 3.05) is 33.0 Å². The van der Waals surface area contributed by atoms with E-state index in [0.717, 1.165) is 121 Å². The Balaban J connectivity index is 0.000000440. The van der Waals surface area contributed by atoms with Gasteiger partial charge in [0.15, 0.2) is 31.5 Å². The third-order valence-corrected chi connectivity index (χ3v) is 15.4. The smallest absolute Gasteiger partial charge is 0.183 e. The Hall–Kier alpha value is -0.880. The first-order valence-electron chi connectivity index (χ1n) is 29.7. The van der Waals surface area contributed by atoms with E-state index >= 15 is 0 Å². The normalized spacial score (nSPS) is 40.5. The Morgan fingerprint density at radius 3 is 0.899 bits per heavy atom. The molecule has 0 bridgehead atoms. The SMILES string of the molecule is CC(C)(C)C1CCC(O)CC1.C[C@@H]1CCC(O)OC1.C[C@@H]1CC[C@@H](O)C1.C[C@@H]1CC[C@H](O)C1.OC1CCC(O)CC1.OC1CCC[C@H](O)C1.OC1CC[C@@H](O)CO1.OC1COC(O)C1.OC1COC(O)[C@H]1O.OC1OCC[C@@H]1O. The minimum atomic E-state index is -1.20. The van der Waals surface area contributed by atoms with E-state index in [1.165, 1.54) is 25.7 Å². The quantitative estimate of drug-likeness (QED) is 0.165. The molecule has 0 amide bonds. The lowest BCUT2D eigenvalue weighted by atomic mass is 9.72. The van der Waals surface area contributed by atoms with Gasteiger partial charge in [0.25, 0.3) is 0 Å². The lowest BCUT2D eigenvalue weighted by Crippen LogP contribution is -2.29. The average molecular weight is 1150 g/mol. The molecule has 0 aromatic carbocycles. The van der Waals surface area contributed by atoms with Gasteiger partial charge in [-0.05, 0) is 164 Å². The topological polar surface area (TPSA) is 390 Å². The van der Waals surface area contributed by atoms with Gasteiger partial charge in [0.2, 0.25) is 0 Å². The first kappa shape index (κ1) is 76.1. The molecule has 8 unspecified atom stereocenters. The Bertz CT molecular complexity index is 1230. The molecule has 5 aliphatic heterocycles. The zero-order chi connectivity index (χ0) is 59.7. The van der Waals surface area contributed by atoms with Gasteiger partial charge in [0.1, 0.15) is 18.3 Å². The van der Waals surface area contributed by atoms with E-state index in [2.05, 4.69) is 55.8 Å². The Kier molecular flexibility index (Phi) is 41.3. The highest BCUT2D eigenvalue weighted by molar-refractivity contribution is 4.80. The molecule has 17 atom stereocenters. The third-order valence-electron chi connectivity index (χ3n) is 15.4. The summed E-state index contributed by atoms with van der Waals surface area (Å²) in [5.74, 6) is 3.01. The van der Waals surface area contributed by atoms with E-state index in [1.54, 1.807) is 0 Å². The lowest BCUT2D eigenvalue weighted by Gasteiger charge is -2.35. The highest BCUT2D eigenvalue weighted by atomic mass is 16.6. The van der Waals surface area contributed by atoms with Crippen molar-refractivity contribution in [2.24, 2.45) is 29.1 Å². The van der Waals surface area contributed by atoms with E-state index < -0.39 is 55.9 Å². The van der Waals surface area contributed by atoms with E-state index in [4.69, 9.17) is 91.2 Å². The molecule has 22 nitrogen and oxygen atoms in total. The van der Waals surface area contributed by atoms with Gasteiger partial charge >= 0.3 is 0 Å². The van der Waals surface area contributed by atoms with Gasteiger partial charge in [0.05, 0.1) is 88.0 Å². The van der Waals surface area contributed by atoms with Gasteiger partial charge in [0, 0.05) is 19.3 Å². The first-order chi connectivity index (χ1) is 37.0. The molecule has 5 saturated carbocycles. The van der Waals surface area contributed by atoms with Crippen LogP contribution in [0.3, 0.4) is 0 Å². The van der Waals surface area contributed by atoms with Crippen LogP contribution in [-0.4, -0.2) is 225 Å². The van der Waals surface area contributed by atoms with Crippen molar-refractivity contribution in [3.63, 3.8) is 0 Å². The summed E-state index contributed by atoms with van der Waals surface area (Å²) in [5, 5.41) is 149. The van der Waals surface area contributed by atoms with Gasteiger partial charge in [-0.15, -0.1) is 0 Å². The standard InChI is InChI=1S/C10H20O.3C6H12O2.2C6H12O.C5H10O3.C4H8O4.2C4H8O3/c1-10(2,3)8-4-6-9(11)7-5-8;1-5-2-3-6(7)8-4-5;7-5-1-2-6(8)4-3-5;7-5-2-1-3-6(8)4-5;2*1-5-2-3-6(7)4-5;6-4-1-2-5(7)8-3-4;5-2-1-8-4(7)3(2)6;5-3-1-4(6)7-2-3;5-3-1-2-7-4(3)6/h8-9,11H,4-7H2,1-3H3;5-7H,2-4H2,1H3;2*5-8H,1-4H2;2*5-7H,2-4H2,1H3;4-7H,1-3H2;2-7H,1H2;2*3-6H,1-2H2/t;5-,6?;;5-,6?;5-,6+;5-,6-;4-,5?;2?,3-,4?;;3-,4?/m.1.01110.0/s1. The third kappa shape index (κ3) is 39.4. The number of aliphatic hydroxyl groups is 17. The molecule has 10 aliphatic rings. The largest absolute Gasteiger partial charge is 0.393 e. The second-order valence-electron chi connectivity index (χ2n) is 24.5. The summed E-state index contributed by atoms with van der Waals surface area (Å²) in [5.41, 5.74) is 0.445.